The molecule has 0 aromatic heterocycles. The molecular formula is C13H28N4O. The third-order valence-electron chi connectivity index (χ3n) is 3.20. The summed E-state index contributed by atoms with van der Waals surface area (Å²) in [6, 6.07) is 0. The van der Waals surface area contributed by atoms with E-state index in [9.17, 15) is 0 Å². The zero-order chi connectivity index (χ0) is 13.2. The predicted molar refractivity (Wildman–Crippen MR) is 75.8 cm³/mol. The molecule has 0 aliphatic carbocycles. The third-order valence-corrected chi connectivity index (χ3v) is 3.20. The molecule has 0 saturated carbocycles. The van der Waals surface area contributed by atoms with Crippen LogP contribution in [0, 0.1) is 5.92 Å². The van der Waals surface area contributed by atoms with Gasteiger partial charge in [-0.3, -0.25) is 4.99 Å². The van der Waals surface area contributed by atoms with Gasteiger partial charge < -0.3 is 20.7 Å². The molecule has 106 valence electrons. The van der Waals surface area contributed by atoms with Crippen LogP contribution in [0.4, 0.5) is 0 Å². The van der Waals surface area contributed by atoms with Gasteiger partial charge in [0.25, 0.3) is 0 Å². The smallest absolute Gasteiger partial charge is 0.188 e. The first-order valence-electron chi connectivity index (χ1n) is 6.97. The molecule has 0 aromatic carbocycles. The highest BCUT2D eigenvalue weighted by Crippen LogP contribution is 2.10. The maximum atomic E-state index is 5.77. The van der Waals surface area contributed by atoms with Crippen LogP contribution in [0.2, 0.25) is 0 Å². The Kier molecular flexibility index (Phi) is 7.76. The summed E-state index contributed by atoms with van der Waals surface area (Å²) < 4.78 is 4.94. The van der Waals surface area contributed by atoms with Gasteiger partial charge in [0.05, 0.1) is 6.61 Å². The van der Waals surface area contributed by atoms with E-state index < -0.39 is 0 Å². The summed E-state index contributed by atoms with van der Waals surface area (Å²) in [5.41, 5.74) is 5.77. The second kappa shape index (κ2) is 9.16. The minimum absolute atomic E-state index is 0.526. The van der Waals surface area contributed by atoms with Gasteiger partial charge in [-0.25, -0.2) is 0 Å². The fraction of sp³-hybridized carbons (Fsp3) is 0.923. The lowest BCUT2D eigenvalue weighted by Crippen LogP contribution is -2.36. The van der Waals surface area contributed by atoms with Gasteiger partial charge in [0, 0.05) is 26.7 Å². The lowest BCUT2D eigenvalue weighted by molar-refractivity contribution is 0.202. The van der Waals surface area contributed by atoms with Gasteiger partial charge in [-0.2, -0.15) is 0 Å². The highest BCUT2D eigenvalue weighted by molar-refractivity contribution is 5.77. The second-order valence-corrected chi connectivity index (χ2v) is 5.11. The van der Waals surface area contributed by atoms with Crippen LogP contribution in [0.1, 0.15) is 26.2 Å². The summed E-state index contributed by atoms with van der Waals surface area (Å²) in [7, 11) is 1.68. The average molecular weight is 256 g/mol. The van der Waals surface area contributed by atoms with Gasteiger partial charge in [0.1, 0.15) is 0 Å². The fourth-order valence-electron chi connectivity index (χ4n) is 2.23. The normalized spacial score (nSPS) is 19.8. The SMILES string of the molecule is COCCNC(N)=NCC(C)CN1CCCCC1. The van der Waals surface area contributed by atoms with Crippen molar-refractivity contribution in [2.24, 2.45) is 16.6 Å². The number of hydrogen-bond donors (Lipinski definition) is 2. The fourth-order valence-corrected chi connectivity index (χ4v) is 2.23. The summed E-state index contributed by atoms with van der Waals surface area (Å²) in [5.74, 6) is 1.09. The van der Waals surface area contributed by atoms with Gasteiger partial charge in [0.2, 0.25) is 0 Å². The quantitative estimate of drug-likeness (QED) is 0.399. The van der Waals surface area contributed by atoms with Crippen molar-refractivity contribution in [3.8, 4) is 0 Å². The lowest BCUT2D eigenvalue weighted by Gasteiger charge is -2.28. The number of likely N-dealkylation sites (tertiary alicyclic amines) is 1. The molecule has 1 aliphatic heterocycles. The van der Waals surface area contributed by atoms with Crippen molar-refractivity contribution in [2.45, 2.75) is 26.2 Å². The van der Waals surface area contributed by atoms with Crippen LogP contribution in [0.25, 0.3) is 0 Å². The first-order chi connectivity index (χ1) is 8.72. The molecule has 1 rings (SSSR count). The number of rotatable bonds is 7. The Labute approximate surface area is 111 Å². The summed E-state index contributed by atoms with van der Waals surface area (Å²) in [6.45, 7) is 8.02. The van der Waals surface area contributed by atoms with E-state index in [1.54, 1.807) is 7.11 Å². The summed E-state index contributed by atoms with van der Waals surface area (Å²) in [4.78, 5) is 6.90. The van der Waals surface area contributed by atoms with E-state index >= 15 is 0 Å². The number of methoxy groups -OCH3 is 1. The molecule has 0 amide bonds. The van der Waals surface area contributed by atoms with Crippen molar-refractivity contribution in [3.05, 3.63) is 0 Å². The molecular weight excluding hydrogens is 228 g/mol. The van der Waals surface area contributed by atoms with Crippen molar-refractivity contribution in [3.63, 3.8) is 0 Å². The van der Waals surface area contributed by atoms with E-state index in [1.165, 1.54) is 32.4 Å². The van der Waals surface area contributed by atoms with E-state index in [2.05, 4.69) is 22.1 Å². The molecule has 1 saturated heterocycles. The largest absolute Gasteiger partial charge is 0.383 e. The third kappa shape index (κ3) is 6.81. The summed E-state index contributed by atoms with van der Waals surface area (Å²) in [5, 5.41) is 3.03. The molecule has 5 nitrogen and oxygen atoms in total. The molecule has 0 radical (unpaired) electrons. The molecule has 1 atom stereocenters. The van der Waals surface area contributed by atoms with E-state index in [1.807, 2.05) is 0 Å². The first kappa shape index (κ1) is 15.2. The maximum Gasteiger partial charge on any atom is 0.188 e. The van der Waals surface area contributed by atoms with E-state index in [-0.39, 0.29) is 0 Å². The van der Waals surface area contributed by atoms with Gasteiger partial charge in [-0.15, -0.1) is 0 Å². The Balaban J connectivity index is 2.14. The molecule has 18 heavy (non-hydrogen) atoms. The van der Waals surface area contributed by atoms with Crippen LogP contribution < -0.4 is 11.1 Å². The van der Waals surface area contributed by atoms with Crippen LogP contribution >= 0.6 is 0 Å². The average Bonchev–Trinajstić information content (AvgIpc) is 2.38. The van der Waals surface area contributed by atoms with Crippen LogP contribution in [-0.4, -0.2) is 57.3 Å². The molecule has 1 fully saturated rings. The highest BCUT2D eigenvalue weighted by Gasteiger charge is 2.12. The molecule has 0 bridgehead atoms. The topological polar surface area (TPSA) is 62.9 Å². The summed E-state index contributed by atoms with van der Waals surface area (Å²) >= 11 is 0. The van der Waals surface area contributed by atoms with Gasteiger partial charge in [-0.05, 0) is 31.8 Å². The Morgan fingerprint density at radius 1 is 1.39 bits per heavy atom. The number of nitrogens with two attached hydrogens (primary N) is 1. The van der Waals surface area contributed by atoms with E-state index in [4.69, 9.17) is 10.5 Å². The highest BCUT2D eigenvalue weighted by atomic mass is 16.5. The molecule has 1 unspecified atom stereocenters. The van der Waals surface area contributed by atoms with Gasteiger partial charge in [0.15, 0.2) is 5.96 Å². The van der Waals surface area contributed by atoms with Crippen LogP contribution in [0.15, 0.2) is 4.99 Å². The van der Waals surface area contributed by atoms with Crippen molar-refractivity contribution >= 4 is 5.96 Å². The lowest BCUT2D eigenvalue weighted by atomic mass is 10.1. The van der Waals surface area contributed by atoms with Crippen LogP contribution in [-0.2, 0) is 4.74 Å². The Morgan fingerprint density at radius 3 is 2.78 bits per heavy atom. The first-order valence-corrected chi connectivity index (χ1v) is 6.97. The monoisotopic (exact) mass is 256 g/mol. The number of aliphatic imine (C=N–C) groups is 1. The zero-order valence-corrected chi connectivity index (χ0v) is 11.8. The van der Waals surface area contributed by atoms with Crippen molar-refractivity contribution < 1.29 is 4.74 Å². The molecule has 0 spiro atoms. The Hall–Kier alpha value is -0.810. The Bertz CT molecular complexity index is 239. The minimum atomic E-state index is 0.526. The molecule has 1 aliphatic rings. The number of hydrogen-bond acceptors (Lipinski definition) is 3. The van der Waals surface area contributed by atoms with Crippen LogP contribution in [0.5, 0.6) is 0 Å². The molecule has 1 heterocycles. The van der Waals surface area contributed by atoms with E-state index in [0.717, 1.165) is 13.1 Å². The number of nitrogens with one attached hydrogen (secondary N) is 1. The second-order valence-electron chi connectivity index (χ2n) is 5.11. The van der Waals surface area contributed by atoms with Crippen molar-refractivity contribution in [1.29, 1.82) is 0 Å². The number of nitrogens with zero attached hydrogens (tertiary/aromatic N) is 2. The zero-order valence-electron chi connectivity index (χ0n) is 11.8. The van der Waals surface area contributed by atoms with Crippen molar-refractivity contribution in [2.75, 3.05) is 46.4 Å². The van der Waals surface area contributed by atoms with Crippen LogP contribution in [0.3, 0.4) is 0 Å². The predicted octanol–water partition coefficient (Wildman–Crippen LogP) is 0.659. The number of ether oxygens (including phenoxy) is 1. The van der Waals surface area contributed by atoms with Crippen molar-refractivity contribution in [1.82, 2.24) is 10.2 Å². The van der Waals surface area contributed by atoms with E-state index in [0.29, 0.717) is 25.0 Å². The maximum absolute atomic E-state index is 5.77. The van der Waals surface area contributed by atoms with Gasteiger partial charge >= 0.3 is 0 Å². The standard InChI is InChI=1S/C13H28N4O/c1-12(11-17-7-4-3-5-8-17)10-16-13(14)15-6-9-18-2/h12H,3-11H2,1-2H3,(H3,14,15,16). The molecule has 3 N–H and O–H groups in total. The molecule has 0 aromatic rings. The number of guanidine groups is 1. The summed E-state index contributed by atoms with van der Waals surface area (Å²) in [6.07, 6.45) is 4.08. The van der Waals surface area contributed by atoms with Gasteiger partial charge in [-0.1, -0.05) is 13.3 Å². The minimum Gasteiger partial charge on any atom is -0.383 e. The molecule has 5 heteroatoms. The number of piperidine rings is 1. The Morgan fingerprint density at radius 2 is 2.11 bits per heavy atom.